The van der Waals surface area contributed by atoms with Crippen LogP contribution in [0, 0.1) is 0 Å². The SMILES string of the molecule is Cn1cc(-c2ccc(NC(=O)/C=C/c3cnccc3-c3cnn(C4CC4)c3)cc2)cn1. The van der Waals surface area contributed by atoms with Gasteiger partial charge in [0.15, 0.2) is 0 Å². The number of amides is 1. The zero-order chi connectivity index (χ0) is 21.2. The van der Waals surface area contributed by atoms with Crippen LogP contribution in [0.1, 0.15) is 24.4 Å². The molecule has 3 heterocycles. The first kappa shape index (κ1) is 19.0. The Bertz CT molecular complexity index is 1250. The third-order valence-electron chi connectivity index (χ3n) is 5.29. The maximum atomic E-state index is 12.4. The van der Waals surface area contributed by atoms with Gasteiger partial charge in [-0.25, -0.2) is 0 Å². The van der Waals surface area contributed by atoms with Crippen LogP contribution in [-0.2, 0) is 11.8 Å². The minimum atomic E-state index is -0.197. The van der Waals surface area contributed by atoms with Crippen LogP contribution in [0.2, 0.25) is 0 Å². The van der Waals surface area contributed by atoms with E-state index in [4.69, 9.17) is 0 Å². The molecule has 0 atom stereocenters. The summed E-state index contributed by atoms with van der Waals surface area (Å²) in [6, 6.07) is 10.2. The summed E-state index contributed by atoms with van der Waals surface area (Å²) in [5.74, 6) is -0.197. The lowest BCUT2D eigenvalue weighted by Gasteiger charge is -2.05. The number of carbonyl (C=O) groups excluding carboxylic acids is 1. The van der Waals surface area contributed by atoms with Crippen LogP contribution in [0.5, 0.6) is 0 Å². The molecule has 7 heteroatoms. The average Bonchev–Trinajstić information content (AvgIpc) is 3.35. The van der Waals surface area contributed by atoms with E-state index in [0.717, 1.165) is 33.5 Å². The van der Waals surface area contributed by atoms with Gasteiger partial charge in [-0.2, -0.15) is 10.2 Å². The van der Waals surface area contributed by atoms with Gasteiger partial charge in [-0.3, -0.25) is 19.1 Å². The Morgan fingerprint density at radius 2 is 1.81 bits per heavy atom. The number of benzene rings is 1. The van der Waals surface area contributed by atoms with Crippen molar-refractivity contribution in [2.45, 2.75) is 18.9 Å². The van der Waals surface area contributed by atoms with Crippen molar-refractivity contribution in [2.75, 3.05) is 5.32 Å². The molecular weight excluding hydrogens is 388 g/mol. The lowest BCUT2D eigenvalue weighted by atomic mass is 10.0. The number of aryl methyl sites for hydroxylation is 1. The smallest absolute Gasteiger partial charge is 0.248 e. The second-order valence-electron chi connectivity index (χ2n) is 7.71. The van der Waals surface area contributed by atoms with Crippen LogP contribution in [0.25, 0.3) is 28.3 Å². The molecule has 0 saturated heterocycles. The molecule has 5 rings (SSSR count). The molecule has 1 aromatic carbocycles. The molecule has 3 aromatic heterocycles. The first-order valence-electron chi connectivity index (χ1n) is 10.2. The van der Waals surface area contributed by atoms with Gasteiger partial charge in [0, 0.05) is 60.3 Å². The normalized spacial score (nSPS) is 13.6. The van der Waals surface area contributed by atoms with Crippen molar-refractivity contribution in [3.05, 3.63) is 79.2 Å². The molecule has 0 unspecified atom stereocenters. The average molecular weight is 410 g/mol. The van der Waals surface area contributed by atoms with Crippen molar-refractivity contribution in [3.63, 3.8) is 0 Å². The van der Waals surface area contributed by atoms with Gasteiger partial charge in [-0.15, -0.1) is 0 Å². The summed E-state index contributed by atoms with van der Waals surface area (Å²) >= 11 is 0. The fourth-order valence-electron chi connectivity index (χ4n) is 3.48. The molecule has 1 amide bonds. The van der Waals surface area contributed by atoms with Crippen molar-refractivity contribution >= 4 is 17.7 Å². The van der Waals surface area contributed by atoms with E-state index in [0.29, 0.717) is 6.04 Å². The number of pyridine rings is 1. The summed E-state index contributed by atoms with van der Waals surface area (Å²) in [5.41, 5.74) is 5.73. The largest absolute Gasteiger partial charge is 0.323 e. The van der Waals surface area contributed by atoms with E-state index in [-0.39, 0.29) is 5.91 Å². The predicted octanol–water partition coefficient (Wildman–Crippen LogP) is 4.33. The monoisotopic (exact) mass is 410 g/mol. The summed E-state index contributed by atoms with van der Waals surface area (Å²) in [4.78, 5) is 16.7. The Labute approximate surface area is 180 Å². The Morgan fingerprint density at radius 1 is 1.00 bits per heavy atom. The third-order valence-corrected chi connectivity index (χ3v) is 5.29. The van der Waals surface area contributed by atoms with Crippen molar-refractivity contribution in [3.8, 4) is 22.3 Å². The number of hydrogen-bond acceptors (Lipinski definition) is 4. The van der Waals surface area contributed by atoms with E-state index in [1.54, 1.807) is 23.2 Å². The van der Waals surface area contributed by atoms with E-state index < -0.39 is 0 Å². The summed E-state index contributed by atoms with van der Waals surface area (Å²) in [6.07, 6.45) is 16.9. The summed E-state index contributed by atoms with van der Waals surface area (Å²) in [7, 11) is 1.89. The van der Waals surface area contributed by atoms with E-state index in [1.165, 1.54) is 18.9 Å². The second kappa shape index (κ2) is 8.02. The molecule has 7 nitrogen and oxygen atoms in total. The van der Waals surface area contributed by atoms with E-state index in [9.17, 15) is 4.79 Å². The highest BCUT2D eigenvalue weighted by atomic mass is 16.1. The first-order chi connectivity index (χ1) is 15.2. The summed E-state index contributed by atoms with van der Waals surface area (Å²) in [5, 5.41) is 11.6. The summed E-state index contributed by atoms with van der Waals surface area (Å²) < 4.78 is 3.78. The van der Waals surface area contributed by atoms with Crippen LogP contribution in [0.4, 0.5) is 5.69 Å². The van der Waals surface area contributed by atoms with Gasteiger partial charge in [-0.1, -0.05) is 12.1 Å². The van der Waals surface area contributed by atoms with Gasteiger partial charge in [0.05, 0.1) is 18.4 Å². The van der Waals surface area contributed by atoms with Gasteiger partial charge in [0.25, 0.3) is 0 Å². The molecule has 0 radical (unpaired) electrons. The Hall–Kier alpha value is -4.00. The van der Waals surface area contributed by atoms with Gasteiger partial charge in [-0.05, 0) is 48.2 Å². The van der Waals surface area contributed by atoms with Crippen LogP contribution in [0.15, 0.2) is 73.6 Å². The number of nitrogens with one attached hydrogen (secondary N) is 1. The molecule has 154 valence electrons. The topological polar surface area (TPSA) is 77.6 Å². The fraction of sp³-hybridized carbons (Fsp3) is 0.167. The number of anilines is 1. The molecule has 0 spiro atoms. The standard InChI is InChI=1S/C24H22N6O/c1-29-15-19(13-26-29)17-2-5-21(6-3-17)28-24(31)9-4-18-12-25-11-10-23(18)20-14-27-30(16-20)22-7-8-22/h2-6,9-16,22H,7-8H2,1H3,(H,28,31)/b9-4+. The van der Waals surface area contributed by atoms with Crippen molar-refractivity contribution in [1.29, 1.82) is 0 Å². The molecular formula is C24H22N6O. The van der Waals surface area contributed by atoms with Gasteiger partial charge < -0.3 is 5.32 Å². The predicted molar refractivity (Wildman–Crippen MR) is 120 cm³/mol. The van der Waals surface area contributed by atoms with Crippen LogP contribution < -0.4 is 5.32 Å². The Balaban J connectivity index is 1.28. The molecule has 0 bridgehead atoms. The lowest BCUT2D eigenvalue weighted by Crippen LogP contribution is -2.07. The van der Waals surface area contributed by atoms with Gasteiger partial charge >= 0.3 is 0 Å². The zero-order valence-corrected chi connectivity index (χ0v) is 17.1. The quantitative estimate of drug-likeness (QED) is 0.480. The lowest BCUT2D eigenvalue weighted by molar-refractivity contribution is -0.111. The molecule has 31 heavy (non-hydrogen) atoms. The number of hydrogen-bond donors (Lipinski definition) is 1. The highest BCUT2D eigenvalue weighted by Crippen LogP contribution is 2.35. The zero-order valence-electron chi connectivity index (χ0n) is 17.1. The molecule has 1 N–H and O–H groups in total. The number of nitrogens with zero attached hydrogens (tertiary/aromatic N) is 5. The molecule has 1 aliphatic rings. The maximum Gasteiger partial charge on any atom is 0.248 e. The van der Waals surface area contributed by atoms with Crippen LogP contribution in [-0.4, -0.2) is 30.5 Å². The molecule has 1 fully saturated rings. The number of rotatable bonds is 6. The van der Waals surface area contributed by atoms with E-state index in [2.05, 4.69) is 26.7 Å². The van der Waals surface area contributed by atoms with Gasteiger partial charge in [0.1, 0.15) is 0 Å². The van der Waals surface area contributed by atoms with Gasteiger partial charge in [0.2, 0.25) is 5.91 Å². The van der Waals surface area contributed by atoms with Crippen LogP contribution in [0.3, 0.4) is 0 Å². The summed E-state index contributed by atoms with van der Waals surface area (Å²) in [6.45, 7) is 0. The Morgan fingerprint density at radius 3 is 2.55 bits per heavy atom. The number of carbonyl (C=O) groups is 1. The third kappa shape index (κ3) is 4.30. The van der Waals surface area contributed by atoms with Crippen molar-refractivity contribution in [1.82, 2.24) is 24.5 Å². The Kier molecular flexibility index (Phi) is 4.92. The molecule has 4 aromatic rings. The van der Waals surface area contributed by atoms with Crippen LogP contribution >= 0.6 is 0 Å². The molecule has 1 aliphatic carbocycles. The van der Waals surface area contributed by atoms with Crippen molar-refractivity contribution < 1.29 is 4.79 Å². The minimum absolute atomic E-state index is 0.197. The highest BCUT2D eigenvalue weighted by molar-refractivity contribution is 6.02. The van der Waals surface area contributed by atoms with E-state index in [1.807, 2.05) is 60.7 Å². The van der Waals surface area contributed by atoms with E-state index >= 15 is 0 Å². The van der Waals surface area contributed by atoms with Crippen molar-refractivity contribution in [2.24, 2.45) is 7.05 Å². The molecule has 0 aliphatic heterocycles. The minimum Gasteiger partial charge on any atom is -0.323 e. The maximum absolute atomic E-state index is 12.4. The fourth-order valence-corrected chi connectivity index (χ4v) is 3.48. The second-order valence-corrected chi connectivity index (χ2v) is 7.71. The highest BCUT2D eigenvalue weighted by Gasteiger charge is 2.24. The first-order valence-corrected chi connectivity index (χ1v) is 10.2. The molecule has 1 saturated carbocycles. The number of aromatic nitrogens is 5.